The molecule has 0 heterocycles. The molecule has 156 valence electrons. The van der Waals surface area contributed by atoms with Crippen LogP contribution in [0.4, 0.5) is 4.79 Å². The Bertz CT molecular complexity index is 621. The predicted octanol–water partition coefficient (Wildman–Crippen LogP) is 5.27. The van der Waals surface area contributed by atoms with Crippen molar-refractivity contribution in [3.63, 3.8) is 0 Å². The molecule has 3 aliphatic carbocycles. The minimum Gasteiger partial charge on any atom is -0.444 e. The summed E-state index contributed by atoms with van der Waals surface area (Å²) >= 11 is 0. The smallest absolute Gasteiger partial charge is 0.407 e. The van der Waals surface area contributed by atoms with E-state index in [1.165, 1.54) is 6.42 Å². The van der Waals surface area contributed by atoms with E-state index in [-0.39, 0.29) is 12.1 Å². The first-order valence-corrected chi connectivity index (χ1v) is 11.1. The fourth-order valence-corrected chi connectivity index (χ4v) is 4.47. The average molecular weight is 387 g/mol. The molecule has 0 aromatic heterocycles. The number of amides is 1. The minimum atomic E-state index is -0.433. The molecule has 0 aromatic carbocycles. The maximum Gasteiger partial charge on any atom is 0.407 e. The number of ether oxygens (including phenoxy) is 1. The van der Waals surface area contributed by atoms with Gasteiger partial charge in [0.25, 0.3) is 0 Å². The Kier molecular flexibility index (Phi) is 7.03. The molecular weight excluding hydrogens is 348 g/mol. The van der Waals surface area contributed by atoms with Crippen LogP contribution in [0.5, 0.6) is 0 Å². The van der Waals surface area contributed by atoms with Crippen LogP contribution in [0.15, 0.2) is 36.0 Å². The molecule has 2 saturated carbocycles. The molecule has 2 fully saturated rings. The van der Waals surface area contributed by atoms with Crippen molar-refractivity contribution in [3.8, 4) is 0 Å². The third-order valence-corrected chi connectivity index (χ3v) is 6.01. The van der Waals surface area contributed by atoms with E-state index in [1.54, 1.807) is 5.57 Å². The highest BCUT2D eigenvalue weighted by molar-refractivity contribution is 5.68. The Labute approximate surface area is 170 Å². The number of nitrogens with one attached hydrogen (secondary N) is 2. The zero-order chi connectivity index (χ0) is 20.1. The van der Waals surface area contributed by atoms with E-state index >= 15 is 0 Å². The standard InChI is InChI=1S/C24H38N2O2/c1-5-18(15-17-9-7-6-8-10-17)21-16-22(21)25-19-11-13-20(14-12-19)26-23(27)28-24(2,3)4/h6-9,15,17,19-22,25H,5,10-14,16H2,1-4H3,(H,26,27)/b18-15+/t17?,19-,20+,21-,22?/m0/s1. The van der Waals surface area contributed by atoms with Crippen molar-refractivity contribution in [2.45, 2.75) is 96.4 Å². The normalized spacial score (nSPS) is 32.9. The zero-order valence-corrected chi connectivity index (χ0v) is 18.0. The van der Waals surface area contributed by atoms with Gasteiger partial charge in [-0.25, -0.2) is 4.79 Å². The SMILES string of the molecule is CC/C(=C\C1C=CC=CC1)[C@@H]1CC1N[C@H]1CC[C@@H](NC(=O)OC(C)(C)C)CC1. The van der Waals surface area contributed by atoms with E-state index in [2.05, 4.69) is 47.9 Å². The summed E-state index contributed by atoms with van der Waals surface area (Å²) in [4.78, 5) is 11.9. The van der Waals surface area contributed by atoms with Crippen molar-refractivity contribution in [3.05, 3.63) is 36.0 Å². The number of hydrogen-bond donors (Lipinski definition) is 2. The highest BCUT2D eigenvalue weighted by Gasteiger charge is 2.40. The fourth-order valence-electron chi connectivity index (χ4n) is 4.47. The molecule has 2 unspecified atom stereocenters. The molecule has 28 heavy (non-hydrogen) atoms. The summed E-state index contributed by atoms with van der Waals surface area (Å²) in [6.07, 6.45) is 19.0. The highest BCUT2D eigenvalue weighted by atomic mass is 16.6. The van der Waals surface area contributed by atoms with Crippen LogP contribution < -0.4 is 10.6 Å². The molecule has 1 amide bonds. The maximum atomic E-state index is 11.9. The van der Waals surface area contributed by atoms with Crippen LogP contribution in [0.1, 0.15) is 72.6 Å². The van der Waals surface area contributed by atoms with Crippen molar-refractivity contribution < 1.29 is 9.53 Å². The second-order valence-electron chi connectivity index (χ2n) is 9.62. The van der Waals surface area contributed by atoms with Gasteiger partial charge in [-0.05, 0) is 77.6 Å². The lowest BCUT2D eigenvalue weighted by atomic mass is 9.91. The van der Waals surface area contributed by atoms with Crippen molar-refractivity contribution in [1.29, 1.82) is 0 Å². The fraction of sp³-hybridized carbons (Fsp3) is 0.708. The summed E-state index contributed by atoms with van der Waals surface area (Å²) in [5.41, 5.74) is 1.20. The third kappa shape index (κ3) is 6.51. The Balaban J connectivity index is 1.39. The van der Waals surface area contributed by atoms with Crippen molar-refractivity contribution in [2.75, 3.05) is 0 Å². The summed E-state index contributed by atoms with van der Waals surface area (Å²) in [7, 11) is 0. The van der Waals surface area contributed by atoms with Gasteiger partial charge in [0, 0.05) is 18.1 Å². The lowest BCUT2D eigenvalue weighted by Gasteiger charge is -2.30. The topological polar surface area (TPSA) is 50.4 Å². The van der Waals surface area contributed by atoms with E-state index < -0.39 is 5.60 Å². The van der Waals surface area contributed by atoms with Gasteiger partial charge in [-0.1, -0.05) is 42.9 Å². The van der Waals surface area contributed by atoms with Crippen molar-refractivity contribution >= 4 is 6.09 Å². The first kappa shape index (κ1) is 21.2. The van der Waals surface area contributed by atoms with Gasteiger partial charge in [0.05, 0.1) is 0 Å². The molecule has 0 radical (unpaired) electrons. The van der Waals surface area contributed by atoms with Gasteiger partial charge in [0.2, 0.25) is 0 Å². The van der Waals surface area contributed by atoms with Crippen LogP contribution in [-0.4, -0.2) is 29.8 Å². The van der Waals surface area contributed by atoms with E-state index in [9.17, 15) is 4.79 Å². The molecule has 2 N–H and O–H groups in total. The van der Waals surface area contributed by atoms with Gasteiger partial charge in [-0.2, -0.15) is 0 Å². The van der Waals surface area contributed by atoms with Gasteiger partial charge in [-0.3, -0.25) is 0 Å². The van der Waals surface area contributed by atoms with Gasteiger partial charge in [0.1, 0.15) is 5.60 Å². The number of carbonyl (C=O) groups is 1. The van der Waals surface area contributed by atoms with E-state index in [4.69, 9.17) is 4.74 Å². The summed E-state index contributed by atoms with van der Waals surface area (Å²) < 4.78 is 5.38. The molecule has 0 saturated heterocycles. The number of allylic oxidation sites excluding steroid dienone is 5. The van der Waals surface area contributed by atoms with Crippen LogP contribution >= 0.6 is 0 Å². The molecule has 4 nitrogen and oxygen atoms in total. The van der Waals surface area contributed by atoms with Crippen LogP contribution in [0.25, 0.3) is 0 Å². The summed E-state index contributed by atoms with van der Waals surface area (Å²) in [5.74, 6) is 1.30. The molecule has 0 spiro atoms. The molecule has 0 aromatic rings. The van der Waals surface area contributed by atoms with Crippen LogP contribution in [-0.2, 0) is 4.74 Å². The maximum absolute atomic E-state index is 11.9. The van der Waals surface area contributed by atoms with E-state index in [0.29, 0.717) is 18.0 Å². The lowest BCUT2D eigenvalue weighted by Crippen LogP contribution is -2.44. The van der Waals surface area contributed by atoms with E-state index in [1.807, 2.05) is 20.8 Å². The monoisotopic (exact) mass is 386 g/mol. The Morgan fingerprint density at radius 1 is 1.14 bits per heavy atom. The molecule has 4 heteroatoms. The van der Waals surface area contributed by atoms with Crippen molar-refractivity contribution in [2.24, 2.45) is 11.8 Å². The summed E-state index contributed by atoms with van der Waals surface area (Å²) in [6.45, 7) is 8.00. The molecule has 0 bridgehead atoms. The Hall–Kier alpha value is -1.55. The van der Waals surface area contributed by atoms with Crippen LogP contribution in [0, 0.1) is 11.8 Å². The van der Waals surface area contributed by atoms with Gasteiger partial charge >= 0.3 is 6.09 Å². The second kappa shape index (κ2) is 9.30. The third-order valence-electron chi connectivity index (χ3n) is 6.01. The Morgan fingerprint density at radius 3 is 2.46 bits per heavy atom. The summed E-state index contributed by atoms with van der Waals surface area (Å²) in [6, 6.07) is 1.48. The van der Waals surface area contributed by atoms with Crippen LogP contribution in [0.3, 0.4) is 0 Å². The minimum absolute atomic E-state index is 0.250. The number of rotatable bonds is 6. The average Bonchev–Trinajstić information content (AvgIpc) is 3.39. The predicted molar refractivity (Wildman–Crippen MR) is 115 cm³/mol. The van der Waals surface area contributed by atoms with Gasteiger partial charge < -0.3 is 15.4 Å². The number of carbonyl (C=O) groups excluding carboxylic acids is 1. The summed E-state index contributed by atoms with van der Waals surface area (Å²) in [5, 5.41) is 6.93. The molecule has 0 aliphatic heterocycles. The quantitative estimate of drug-likeness (QED) is 0.612. The molecule has 3 atom stereocenters. The Morgan fingerprint density at radius 2 is 1.86 bits per heavy atom. The first-order chi connectivity index (χ1) is 13.3. The van der Waals surface area contributed by atoms with E-state index in [0.717, 1.165) is 44.4 Å². The largest absolute Gasteiger partial charge is 0.444 e. The van der Waals surface area contributed by atoms with Crippen LogP contribution in [0.2, 0.25) is 0 Å². The van der Waals surface area contributed by atoms with Crippen molar-refractivity contribution in [1.82, 2.24) is 10.6 Å². The number of alkyl carbamates (subject to hydrolysis) is 1. The molecule has 3 aliphatic rings. The molecule has 3 rings (SSSR count). The lowest BCUT2D eigenvalue weighted by molar-refractivity contribution is 0.0489. The van der Waals surface area contributed by atoms with Gasteiger partial charge in [-0.15, -0.1) is 0 Å². The first-order valence-electron chi connectivity index (χ1n) is 11.1. The molecular formula is C24H38N2O2. The number of hydrogen-bond acceptors (Lipinski definition) is 3. The van der Waals surface area contributed by atoms with Gasteiger partial charge in [0.15, 0.2) is 0 Å². The zero-order valence-electron chi connectivity index (χ0n) is 18.0. The second-order valence-corrected chi connectivity index (χ2v) is 9.62. The highest BCUT2D eigenvalue weighted by Crippen LogP contribution is 2.41.